The Bertz CT molecular complexity index is 1100. The molecule has 3 heterocycles. The molecule has 0 atom stereocenters. The Morgan fingerprint density at radius 3 is 2.70 bits per heavy atom. The smallest absolute Gasteiger partial charge is 0.410 e. The van der Waals surface area contributed by atoms with Gasteiger partial charge in [0.1, 0.15) is 23.4 Å². The van der Waals surface area contributed by atoms with Crippen LogP contribution < -0.4 is 5.32 Å². The van der Waals surface area contributed by atoms with Gasteiger partial charge >= 0.3 is 6.09 Å². The van der Waals surface area contributed by atoms with Crippen molar-refractivity contribution in [2.75, 3.05) is 25.0 Å². The summed E-state index contributed by atoms with van der Waals surface area (Å²) >= 11 is 0. The number of anilines is 1. The number of nitrogens with zero attached hydrogens (tertiary/aromatic N) is 5. The van der Waals surface area contributed by atoms with Gasteiger partial charge in [-0.1, -0.05) is 12.1 Å². The van der Waals surface area contributed by atoms with Crippen molar-refractivity contribution in [3.05, 3.63) is 55.0 Å². The molecule has 2 aromatic heterocycles. The van der Waals surface area contributed by atoms with E-state index in [9.17, 15) is 9.18 Å². The molecule has 0 radical (unpaired) electrons. The molecule has 1 amide bonds. The molecule has 0 spiro atoms. The van der Waals surface area contributed by atoms with Gasteiger partial charge in [-0.2, -0.15) is 5.10 Å². The van der Waals surface area contributed by atoms with Gasteiger partial charge in [0.05, 0.1) is 23.8 Å². The second kappa shape index (κ2) is 9.56. The molecule has 0 unspecified atom stereocenters. The van der Waals surface area contributed by atoms with Crippen LogP contribution in [-0.4, -0.2) is 56.0 Å². The molecule has 0 bridgehead atoms. The van der Waals surface area contributed by atoms with E-state index in [1.807, 2.05) is 20.8 Å². The molecule has 8 nitrogen and oxygen atoms in total. The van der Waals surface area contributed by atoms with E-state index in [1.54, 1.807) is 41.7 Å². The molecule has 174 valence electrons. The number of carbonyl (C=O) groups is 1. The Morgan fingerprint density at radius 1 is 1.21 bits per heavy atom. The van der Waals surface area contributed by atoms with Gasteiger partial charge in [-0.15, -0.1) is 0 Å². The van der Waals surface area contributed by atoms with Crippen molar-refractivity contribution < 1.29 is 13.9 Å². The zero-order chi connectivity index (χ0) is 23.4. The molecule has 0 aliphatic carbocycles. The highest BCUT2D eigenvalue weighted by molar-refractivity contribution is 5.72. The highest BCUT2D eigenvalue weighted by Gasteiger charge is 2.27. The standard InChI is InChI=1S/C24H29FN6O2/c1-24(2,3)33-23(32)30-10-8-17(9-11-30)12-27-20-14-26-16-28-22(20)18-13-29-31(15-18)21-7-5-4-6-19(21)25/h4-7,13-17,27H,8-12H2,1-3H3. The van der Waals surface area contributed by atoms with Gasteiger partial charge in [0.2, 0.25) is 0 Å². The lowest BCUT2D eigenvalue weighted by atomic mass is 9.97. The first kappa shape index (κ1) is 22.7. The Labute approximate surface area is 192 Å². The van der Waals surface area contributed by atoms with Crippen molar-refractivity contribution in [1.29, 1.82) is 0 Å². The van der Waals surface area contributed by atoms with Gasteiger partial charge in [-0.05, 0) is 51.7 Å². The third-order valence-electron chi connectivity index (χ3n) is 5.51. The lowest BCUT2D eigenvalue weighted by Gasteiger charge is -2.33. The third-order valence-corrected chi connectivity index (χ3v) is 5.51. The van der Waals surface area contributed by atoms with Gasteiger partial charge in [-0.3, -0.25) is 0 Å². The predicted molar refractivity (Wildman–Crippen MR) is 124 cm³/mol. The number of aromatic nitrogens is 4. The number of carbonyl (C=O) groups excluding carboxylic acids is 1. The lowest BCUT2D eigenvalue weighted by Crippen LogP contribution is -2.42. The molecule has 1 aliphatic rings. The fourth-order valence-corrected chi connectivity index (χ4v) is 3.80. The van der Waals surface area contributed by atoms with Crippen LogP contribution in [0.15, 0.2) is 49.2 Å². The van der Waals surface area contributed by atoms with E-state index in [0.717, 1.165) is 30.6 Å². The summed E-state index contributed by atoms with van der Waals surface area (Å²) in [6.07, 6.45) is 8.17. The third kappa shape index (κ3) is 5.66. The maximum Gasteiger partial charge on any atom is 0.410 e. The second-order valence-electron chi connectivity index (χ2n) is 9.20. The fraction of sp³-hybridized carbons (Fsp3) is 0.417. The number of ether oxygens (including phenoxy) is 1. The second-order valence-corrected chi connectivity index (χ2v) is 9.20. The Hall–Kier alpha value is -3.49. The molecule has 4 rings (SSSR count). The van der Waals surface area contributed by atoms with Gasteiger partial charge in [-0.25, -0.2) is 23.8 Å². The number of amides is 1. The quantitative estimate of drug-likeness (QED) is 0.612. The summed E-state index contributed by atoms with van der Waals surface area (Å²) in [4.78, 5) is 22.6. The maximum atomic E-state index is 14.1. The Balaban J connectivity index is 1.38. The van der Waals surface area contributed by atoms with Crippen LogP contribution in [0.25, 0.3) is 16.9 Å². The number of hydrogen-bond acceptors (Lipinski definition) is 6. The first-order valence-electron chi connectivity index (χ1n) is 11.1. The van der Waals surface area contributed by atoms with Crippen molar-refractivity contribution in [3.63, 3.8) is 0 Å². The van der Waals surface area contributed by atoms with Crippen LogP contribution >= 0.6 is 0 Å². The topological polar surface area (TPSA) is 85.2 Å². The summed E-state index contributed by atoms with van der Waals surface area (Å²) in [7, 11) is 0. The molecule has 1 fully saturated rings. The minimum atomic E-state index is -0.487. The van der Waals surface area contributed by atoms with Crippen molar-refractivity contribution in [2.24, 2.45) is 5.92 Å². The summed E-state index contributed by atoms with van der Waals surface area (Å²) in [5.74, 6) is 0.0730. The van der Waals surface area contributed by atoms with E-state index in [0.29, 0.717) is 30.4 Å². The van der Waals surface area contributed by atoms with Crippen molar-refractivity contribution in [1.82, 2.24) is 24.6 Å². The zero-order valence-electron chi connectivity index (χ0n) is 19.2. The molecule has 1 saturated heterocycles. The van der Waals surface area contributed by atoms with Crippen LogP contribution in [0, 0.1) is 11.7 Å². The number of rotatable bonds is 5. The van der Waals surface area contributed by atoms with E-state index in [2.05, 4.69) is 20.4 Å². The molecule has 33 heavy (non-hydrogen) atoms. The first-order valence-corrected chi connectivity index (χ1v) is 11.1. The summed E-state index contributed by atoms with van der Waals surface area (Å²) in [5, 5.41) is 7.76. The number of para-hydroxylation sites is 1. The number of piperidine rings is 1. The molecule has 1 aliphatic heterocycles. The summed E-state index contributed by atoms with van der Waals surface area (Å²) in [5.41, 5.74) is 2.16. The average molecular weight is 453 g/mol. The van der Waals surface area contributed by atoms with Crippen LogP contribution in [-0.2, 0) is 4.74 Å². The molecular formula is C24H29FN6O2. The number of likely N-dealkylation sites (tertiary alicyclic amines) is 1. The minimum absolute atomic E-state index is 0.250. The van der Waals surface area contributed by atoms with E-state index in [1.165, 1.54) is 17.1 Å². The van der Waals surface area contributed by atoms with Crippen LogP contribution in [0.1, 0.15) is 33.6 Å². The maximum absolute atomic E-state index is 14.1. The first-order chi connectivity index (χ1) is 15.8. The minimum Gasteiger partial charge on any atom is -0.444 e. The number of nitrogens with one attached hydrogen (secondary N) is 1. The van der Waals surface area contributed by atoms with Gasteiger partial charge in [0.15, 0.2) is 0 Å². The van der Waals surface area contributed by atoms with Gasteiger partial charge < -0.3 is 15.0 Å². The normalized spacial score (nSPS) is 14.8. The molecule has 3 aromatic rings. The molecule has 9 heteroatoms. The number of benzene rings is 1. The van der Waals surface area contributed by atoms with Crippen LogP contribution in [0.3, 0.4) is 0 Å². The molecule has 0 saturated carbocycles. The van der Waals surface area contributed by atoms with Gasteiger partial charge in [0.25, 0.3) is 0 Å². The summed E-state index contributed by atoms with van der Waals surface area (Å²) in [6, 6.07) is 6.50. The van der Waals surface area contributed by atoms with Crippen LogP contribution in [0.4, 0.5) is 14.9 Å². The Morgan fingerprint density at radius 2 is 1.97 bits per heavy atom. The van der Waals surface area contributed by atoms with Gasteiger partial charge in [0, 0.05) is 31.4 Å². The van der Waals surface area contributed by atoms with Crippen molar-refractivity contribution in [2.45, 2.75) is 39.2 Å². The monoisotopic (exact) mass is 452 g/mol. The Kier molecular flexibility index (Phi) is 6.57. The van der Waals surface area contributed by atoms with Crippen molar-refractivity contribution in [3.8, 4) is 16.9 Å². The molecule has 1 aromatic carbocycles. The van der Waals surface area contributed by atoms with E-state index < -0.39 is 5.60 Å². The molecule has 1 N–H and O–H groups in total. The molecular weight excluding hydrogens is 423 g/mol. The average Bonchev–Trinajstić information content (AvgIpc) is 3.27. The largest absolute Gasteiger partial charge is 0.444 e. The number of halogens is 1. The highest BCUT2D eigenvalue weighted by atomic mass is 19.1. The number of hydrogen-bond donors (Lipinski definition) is 1. The van der Waals surface area contributed by atoms with E-state index in [-0.39, 0.29) is 11.9 Å². The fourth-order valence-electron chi connectivity index (χ4n) is 3.80. The van der Waals surface area contributed by atoms with Crippen LogP contribution in [0.5, 0.6) is 0 Å². The van der Waals surface area contributed by atoms with Crippen molar-refractivity contribution >= 4 is 11.8 Å². The predicted octanol–water partition coefficient (Wildman–Crippen LogP) is 4.53. The lowest BCUT2D eigenvalue weighted by molar-refractivity contribution is 0.0188. The highest BCUT2D eigenvalue weighted by Crippen LogP contribution is 2.27. The summed E-state index contributed by atoms with van der Waals surface area (Å²) < 4.78 is 21.1. The SMILES string of the molecule is CC(C)(C)OC(=O)N1CCC(CNc2cncnc2-c2cnn(-c3ccccc3F)c2)CC1. The zero-order valence-corrected chi connectivity index (χ0v) is 19.2. The van der Waals surface area contributed by atoms with E-state index >= 15 is 0 Å². The van der Waals surface area contributed by atoms with E-state index in [4.69, 9.17) is 4.74 Å². The summed E-state index contributed by atoms with van der Waals surface area (Å²) in [6.45, 7) is 7.72. The van der Waals surface area contributed by atoms with Crippen LogP contribution in [0.2, 0.25) is 0 Å².